The molecule has 130 valence electrons. The Hall–Kier alpha value is -3.09. The van der Waals surface area contributed by atoms with E-state index in [1.54, 1.807) is 31.2 Å². The third kappa shape index (κ3) is 3.71. The van der Waals surface area contributed by atoms with Crippen LogP contribution < -0.4 is 20.9 Å². The number of para-hydroxylation sites is 2. The number of rotatable bonds is 4. The highest BCUT2D eigenvalue weighted by molar-refractivity contribution is 5.99. The molecule has 0 bridgehead atoms. The Morgan fingerprint density at radius 3 is 2.76 bits per heavy atom. The molecule has 1 aliphatic rings. The molecule has 0 saturated heterocycles. The van der Waals surface area contributed by atoms with Crippen LogP contribution in [0.5, 0.6) is 5.75 Å². The summed E-state index contributed by atoms with van der Waals surface area (Å²) in [5, 5.41) is 5.39. The summed E-state index contributed by atoms with van der Waals surface area (Å²) in [5.74, 6) is -0.192. The van der Waals surface area contributed by atoms with Crippen LogP contribution in [-0.4, -0.2) is 22.9 Å². The highest BCUT2D eigenvalue weighted by Crippen LogP contribution is 2.29. The number of aromatic amines is 1. The number of hydrogen-bond acceptors (Lipinski definition) is 4. The molecule has 1 aromatic heterocycles. The van der Waals surface area contributed by atoms with E-state index in [1.807, 2.05) is 13.0 Å². The van der Waals surface area contributed by atoms with Crippen LogP contribution in [0.15, 0.2) is 35.1 Å². The van der Waals surface area contributed by atoms with Crippen molar-refractivity contribution in [2.45, 2.75) is 32.9 Å². The van der Waals surface area contributed by atoms with Crippen LogP contribution in [-0.2, 0) is 16.1 Å². The lowest BCUT2D eigenvalue weighted by Crippen LogP contribution is -2.41. The van der Waals surface area contributed by atoms with Crippen LogP contribution in [0, 0.1) is 13.8 Å². The molecule has 0 spiro atoms. The monoisotopic (exact) mass is 341 g/mol. The Morgan fingerprint density at radius 2 is 2.00 bits per heavy atom. The number of nitrogens with one attached hydrogen (secondary N) is 3. The van der Waals surface area contributed by atoms with Gasteiger partial charge in [-0.1, -0.05) is 12.1 Å². The van der Waals surface area contributed by atoms with Gasteiger partial charge in [-0.05, 0) is 37.6 Å². The van der Waals surface area contributed by atoms with Gasteiger partial charge in [-0.25, -0.2) is 0 Å². The molecule has 7 nitrogen and oxygen atoms in total. The second kappa shape index (κ2) is 6.80. The first-order valence-electron chi connectivity index (χ1n) is 7.96. The second-order valence-electron chi connectivity index (χ2n) is 6.02. The molecule has 7 heteroatoms. The van der Waals surface area contributed by atoms with Crippen molar-refractivity contribution in [1.82, 2.24) is 10.3 Å². The number of anilines is 1. The van der Waals surface area contributed by atoms with Crippen LogP contribution in [0.3, 0.4) is 0 Å². The quantitative estimate of drug-likeness (QED) is 0.782. The molecule has 3 rings (SSSR count). The van der Waals surface area contributed by atoms with Crippen LogP contribution in [0.25, 0.3) is 0 Å². The number of amides is 2. The fraction of sp³-hybridized carbons (Fsp3) is 0.278. The van der Waals surface area contributed by atoms with Crippen molar-refractivity contribution in [3.8, 4) is 5.75 Å². The van der Waals surface area contributed by atoms with Crippen LogP contribution >= 0.6 is 0 Å². The Morgan fingerprint density at radius 1 is 1.24 bits per heavy atom. The topological polar surface area (TPSA) is 100 Å². The van der Waals surface area contributed by atoms with E-state index in [0.29, 0.717) is 17.0 Å². The van der Waals surface area contributed by atoms with Crippen molar-refractivity contribution in [2.75, 3.05) is 5.32 Å². The summed E-state index contributed by atoms with van der Waals surface area (Å²) < 4.78 is 5.59. The first-order chi connectivity index (χ1) is 11.9. The van der Waals surface area contributed by atoms with E-state index < -0.39 is 6.10 Å². The zero-order chi connectivity index (χ0) is 18.0. The number of benzene rings is 1. The molecule has 3 N–H and O–H groups in total. The summed E-state index contributed by atoms with van der Waals surface area (Å²) in [6.07, 6.45) is -1.02. The van der Waals surface area contributed by atoms with Crippen molar-refractivity contribution in [3.63, 3.8) is 0 Å². The van der Waals surface area contributed by atoms with Gasteiger partial charge < -0.3 is 20.4 Å². The van der Waals surface area contributed by atoms with Gasteiger partial charge in [0.25, 0.3) is 11.5 Å². The molecule has 1 atom stereocenters. The van der Waals surface area contributed by atoms with Gasteiger partial charge in [0.1, 0.15) is 5.75 Å². The van der Waals surface area contributed by atoms with Gasteiger partial charge >= 0.3 is 0 Å². The predicted molar refractivity (Wildman–Crippen MR) is 92.5 cm³/mol. The van der Waals surface area contributed by atoms with E-state index >= 15 is 0 Å². The SMILES string of the molecule is Cc1cc(C)c(CNC(=O)C[C@H]2Oc3ccccc3NC2=O)c(=O)[nH]1. The summed E-state index contributed by atoms with van der Waals surface area (Å²) in [6.45, 7) is 3.72. The molecular weight excluding hydrogens is 322 g/mol. The van der Waals surface area contributed by atoms with Gasteiger partial charge in [0.2, 0.25) is 5.91 Å². The van der Waals surface area contributed by atoms with Gasteiger partial charge in [-0.3, -0.25) is 14.4 Å². The van der Waals surface area contributed by atoms with Gasteiger partial charge in [0, 0.05) is 17.8 Å². The fourth-order valence-corrected chi connectivity index (χ4v) is 2.76. The number of fused-ring (bicyclic) bond motifs is 1. The van der Waals surface area contributed by atoms with Crippen molar-refractivity contribution >= 4 is 17.5 Å². The van der Waals surface area contributed by atoms with E-state index in [9.17, 15) is 14.4 Å². The smallest absolute Gasteiger partial charge is 0.266 e. The van der Waals surface area contributed by atoms with E-state index in [4.69, 9.17) is 4.74 Å². The van der Waals surface area contributed by atoms with Crippen molar-refractivity contribution in [3.05, 3.63) is 57.5 Å². The summed E-state index contributed by atoms with van der Waals surface area (Å²) >= 11 is 0. The molecule has 0 aliphatic carbocycles. The number of carbonyl (C=O) groups excluding carboxylic acids is 2. The lowest BCUT2D eigenvalue weighted by molar-refractivity contribution is -0.130. The standard InChI is InChI=1S/C18H19N3O4/c1-10-7-11(2)20-17(23)12(10)9-19-16(22)8-15-18(24)21-13-5-3-4-6-14(13)25-15/h3-7,15H,8-9H2,1-2H3,(H,19,22)(H,20,23)(H,21,24)/t15-/m1/s1. The average Bonchev–Trinajstić information content (AvgIpc) is 2.54. The largest absolute Gasteiger partial charge is 0.478 e. The summed E-state index contributed by atoms with van der Waals surface area (Å²) in [4.78, 5) is 38.9. The maximum absolute atomic E-state index is 12.1. The van der Waals surface area contributed by atoms with E-state index in [0.717, 1.165) is 11.3 Å². The second-order valence-corrected chi connectivity index (χ2v) is 6.02. The molecule has 1 aliphatic heterocycles. The Bertz CT molecular complexity index is 888. The molecule has 2 heterocycles. The Kier molecular flexibility index (Phi) is 4.56. The third-order valence-electron chi connectivity index (χ3n) is 4.03. The third-order valence-corrected chi connectivity index (χ3v) is 4.03. The molecule has 0 unspecified atom stereocenters. The fourth-order valence-electron chi connectivity index (χ4n) is 2.76. The predicted octanol–water partition coefficient (Wildman–Crippen LogP) is 1.40. The molecule has 1 aromatic carbocycles. The van der Waals surface area contributed by atoms with Crippen LogP contribution in [0.4, 0.5) is 5.69 Å². The first-order valence-corrected chi connectivity index (χ1v) is 7.96. The number of hydrogen-bond donors (Lipinski definition) is 3. The number of aryl methyl sites for hydroxylation is 2. The number of aromatic nitrogens is 1. The van der Waals surface area contributed by atoms with Crippen molar-refractivity contribution in [2.24, 2.45) is 0 Å². The number of H-pyrrole nitrogens is 1. The van der Waals surface area contributed by atoms with Gasteiger partial charge in [0.15, 0.2) is 6.10 Å². The minimum Gasteiger partial charge on any atom is -0.478 e. The summed E-state index contributed by atoms with van der Waals surface area (Å²) in [5.41, 5.74) is 2.44. The van der Waals surface area contributed by atoms with E-state index in [1.165, 1.54) is 0 Å². The molecule has 0 saturated carbocycles. The molecular formula is C18H19N3O4. The molecule has 2 aromatic rings. The Labute approximate surface area is 144 Å². The minimum absolute atomic E-state index is 0.102. The Balaban J connectivity index is 1.62. The van der Waals surface area contributed by atoms with Crippen molar-refractivity contribution < 1.29 is 14.3 Å². The lowest BCUT2D eigenvalue weighted by Gasteiger charge is -2.25. The first kappa shape index (κ1) is 16.8. The lowest BCUT2D eigenvalue weighted by atomic mass is 10.1. The summed E-state index contributed by atoms with van der Waals surface area (Å²) in [7, 11) is 0. The molecule has 25 heavy (non-hydrogen) atoms. The summed E-state index contributed by atoms with van der Waals surface area (Å²) in [6, 6.07) is 8.89. The molecule has 0 radical (unpaired) electrons. The maximum atomic E-state index is 12.1. The highest BCUT2D eigenvalue weighted by Gasteiger charge is 2.29. The number of carbonyl (C=O) groups is 2. The molecule has 2 amide bonds. The zero-order valence-electron chi connectivity index (χ0n) is 14.0. The maximum Gasteiger partial charge on any atom is 0.266 e. The van der Waals surface area contributed by atoms with Gasteiger partial charge in [0.05, 0.1) is 12.1 Å². The molecule has 0 fully saturated rings. The highest BCUT2D eigenvalue weighted by atomic mass is 16.5. The zero-order valence-corrected chi connectivity index (χ0v) is 14.0. The van der Waals surface area contributed by atoms with E-state index in [2.05, 4.69) is 15.6 Å². The van der Waals surface area contributed by atoms with Crippen LogP contribution in [0.2, 0.25) is 0 Å². The van der Waals surface area contributed by atoms with Gasteiger partial charge in [-0.15, -0.1) is 0 Å². The van der Waals surface area contributed by atoms with Crippen molar-refractivity contribution in [1.29, 1.82) is 0 Å². The van der Waals surface area contributed by atoms with Crippen LogP contribution in [0.1, 0.15) is 23.2 Å². The number of ether oxygens (including phenoxy) is 1. The normalized spacial score (nSPS) is 15.8. The average molecular weight is 341 g/mol. The minimum atomic E-state index is -0.896. The number of pyridine rings is 1. The van der Waals surface area contributed by atoms with Gasteiger partial charge in [-0.2, -0.15) is 0 Å². The van der Waals surface area contributed by atoms with E-state index in [-0.39, 0.29) is 30.3 Å².